The first-order valence-corrected chi connectivity index (χ1v) is 11.1. The molecule has 1 aromatic carbocycles. The molecule has 0 unspecified atom stereocenters. The molecule has 0 aliphatic carbocycles. The minimum atomic E-state index is -0.688. The van der Waals surface area contributed by atoms with Crippen molar-refractivity contribution in [3.05, 3.63) is 52.2 Å². The lowest BCUT2D eigenvalue weighted by molar-refractivity contribution is -0.0136. The molecule has 0 spiro atoms. The molecule has 8 nitrogen and oxygen atoms in total. The molecule has 176 valence electrons. The molecule has 33 heavy (non-hydrogen) atoms. The zero-order chi connectivity index (χ0) is 23.7. The minimum absolute atomic E-state index is 0.0654. The topological polar surface area (TPSA) is 92.5 Å². The van der Waals surface area contributed by atoms with Crippen molar-refractivity contribution in [3.8, 4) is 11.3 Å². The highest BCUT2D eigenvalue weighted by Crippen LogP contribution is 2.27. The molecule has 4 rings (SSSR count). The van der Waals surface area contributed by atoms with E-state index in [2.05, 4.69) is 33.7 Å². The van der Waals surface area contributed by atoms with Crippen molar-refractivity contribution in [3.63, 3.8) is 0 Å². The van der Waals surface area contributed by atoms with Gasteiger partial charge in [-0.15, -0.1) is 0 Å². The summed E-state index contributed by atoms with van der Waals surface area (Å²) in [7, 11) is 3.91. The Morgan fingerprint density at radius 1 is 1.33 bits per heavy atom. The summed E-state index contributed by atoms with van der Waals surface area (Å²) in [6.07, 6.45) is 1.04. The molecule has 1 saturated heterocycles. The van der Waals surface area contributed by atoms with Crippen LogP contribution in [0.4, 0.5) is 10.3 Å². The molecular formula is C24H30FN5O3. The largest absolute Gasteiger partial charge is 0.389 e. The van der Waals surface area contributed by atoms with Gasteiger partial charge < -0.3 is 24.6 Å². The number of halogens is 1. The fourth-order valence-electron chi connectivity index (χ4n) is 4.29. The number of hydrogen-bond acceptors (Lipinski definition) is 7. The number of anilines is 1. The third-order valence-electron chi connectivity index (χ3n) is 5.78. The van der Waals surface area contributed by atoms with Gasteiger partial charge in [0.1, 0.15) is 5.69 Å². The van der Waals surface area contributed by atoms with Gasteiger partial charge in [-0.1, -0.05) is 6.07 Å². The number of aliphatic hydroxyl groups excluding tert-OH is 1. The summed E-state index contributed by atoms with van der Waals surface area (Å²) in [4.78, 5) is 23.3. The van der Waals surface area contributed by atoms with Crippen molar-refractivity contribution in [1.29, 1.82) is 0 Å². The summed E-state index contributed by atoms with van der Waals surface area (Å²) < 4.78 is 22.2. The summed E-state index contributed by atoms with van der Waals surface area (Å²) in [6, 6.07) is 6.75. The number of nitrogens with one attached hydrogen (secondary N) is 1. The van der Waals surface area contributed by atoms with Crippen molar-refractivity contribution in [2.45, 2.75) is 45.0 Å². The first-order chi connectivity index (χ1) is 15.7. The normalized spacial score (nSPS) is 18.9. The van der Waals surface area contributed by atoms with Gasteiger partial charge in [-0.05, 0) is 46.5 Å². The Morgan fingerprint density at radius 3 is 2.82 bits per heavy atom. The van der Waals surface area contributed by atoms with E-state index >= 15 is 0 Å². The first-order valence-electron chi connectivity index (χ1n) is 11.1. The number of aromatic nitrogens is 3. The Hall–Kier alpha value is -2.88. The summed E-state index contributed by atoms with van der Waals surface area (Å²) in [5.41, 5.74) is 2.25. The van der Waals surface area contributed by atoms with Crippen molar-refractivity contribution in [1.82, 2.24) is 19.4 Å². The molecule has 1 aliphatic rings. The maximum absolute atomic E-state index is 14.8. The molecule has 0 bridgehead atoms. The quantitative estimate of drug-likeness (QED) is 0.590. The standard InChI is InChI=1S/C24H30FN5O3/c1-14(2)30-16(12-29(3)4)10-21(31)17-6-5-15(9-20(17)30)23-18(25)11-26-24(28-23)27-19-7-8-33-13-22(19)32/h5-6,9-11,14,19,22,32H,7-8,12-13H2,1-4H3,(H,26,27,28)/t19-,22-/m1/s1. The molecule has 0 amide bonds. The first kappa shape index (κ1) is 23.3. The predicted molar refractivity (Wildman–Crippen MR) is 126 cm³/mol. The van der Waals surface area contributed by atoms with Gasteiger partial charge in [0.2, 0.25) is 5.95 Å². The van der Waals surface area contributed by atoms with Crippen LogP contribution in [0.2, 0.25) is 0 Å². The van der Waals surface area contributed by atoms with E-state index in [1.54, 1.807) is 18.2 Å². The van der Waals surface area contributed by atoms with E-state index in [4.69, 9.17) is 4.74 Å². The average Bonchev–Trinajstić information content (AvgIpc) is 2.75. The van der Waals surface area contributed by atoms with E-state index < -0.39 is 11.9 Å². The van der Waals surface area contributed by atoms with E-state index in [9.17, 15) is 14.3 Å². The summed E-state index contributed by atoms with van der Waals surface area (Å²) in [6.45, 7) is 5.48. The molecule has 3 aromatic rings. The van der Waals surface area contributed by atoms with E-state index in [0.717, 1.165) is 17.4 Å². The Labute approximate surface area is 192 Å². The highest BCUT2D eigenvalue weighted by atomic mass is 19.1. The highest BCUT2D eigenvalue weighted by molar-refractivity contribution is 5.84. The zero-order valence-corrected chi connectivity index (χ0v) is 19.4. The van der Waals surface area contributed by atoms with E-state index in [1.807, 2.05) is 25.1 Å². The third kappa shape index (κ3) is 4.90. The van der Waals surface area contributed by atoms with Gasteiger partial charge in [0.15, 0.2) is 11.2 Å². The van der Waals surface area contributed by atoms with Gasteiger partial charge in [0.25, 0.3) is 0 Å². The SMILES string of the molecule is CC(C)n1c(CN(C)C)cc(=O)c2ccc(-c3nc(N[C@@H]4CCOC[C@H]4O)ncc3F)cc21. The molecule has 0 saturated carbocycles. The van der Waals surface area contributed by atoms with Gasteiger partial charge in [0.05, 0.1) is 30.5 Å². The van der Waals surface area contributed by atoms with Gasteiger partial charge in [0, 0.05) is 41.9 Å². The van der Waals surface area contributed by atoms with Gasteiger partial charge in [-0.2, -0.15) is 0 Å². The fourth-order valence-corrected chi connectivity index (χ4v) is 4.29. The number of ether oxygens (including phenoxy) is 1. The van der Waals surface area contributed by atoms with Crippen LogP contribution < -0.4 is 10.7 Å². The molecule has 2 aromatic heterocycles. The smallest absolute Gasteiger partial charge is 0.223 e. The second kappa shape index (κ2) is 9.54. The Kier molecular flexibility index (Phi) is 6.73. The maximum atomic E-state index is 14.8. The predicted octanol–water partition coefficient (Wildman–Crippen LogP) is 2.80. The van der Waals surface area contributed by atoms with Crippen LogP contribution in [0.25, 0.3) is 22.2 Å². The number of rotatable bonds is 6. The number of fused-ring (bicyclic) bond motifs is 1. The second-order valence-corrected chi connectivity index (χ2v) is 9.01. The van der Waals surface area contributed by atoms with Crippen LogP contribution in [0.3, 0.4) is 0 Å². The van der Waals surface area contributed by atoms with Crippen LogP contribution in [0, 0.1) is 5.82 Å². The van der Waals surface area contributed by atoms with Gasteiger partial charge in [-0.25, -0.2) is 14.4 Å². The number of nitrogens with zero attached hydrogens (tertiary/aromatic N) is 4. The van der Waals surface area contributed by atoms with Gasteiger partial charge >= 0.3 is 0 Å². The summed E-state index contributed by atoms with van der Waals surface area (Å²) in [5.74, 6) is -0.324. The van der Waals surface area contributed by atoms with Crippen molar-refractivity contribution in [2.24, 2.45) is 0 Å². The van der Waals surface area contributed by atoms with Crippen LogP contribution >= 0.6 is 0 Å². The highest BCUT2D eigenvalue weighted by Gasteiger charge is 2.25. The van der Waals surface area contributed by atoms with Crippen LogP contribution in [0.1, 0.15) is 32.0 Å². The Bertz CT molecular complexity index is 1210. The lowest BCUT2D eigenvalue weighted by Crippen LogP contribution is -2.42. The van der Waals surface area contributed by atoms with Crippen LogP contribution in [-0.4, -0.2) is 64.0 Å². The minimum Gasteiger partial charge on any atom is -0.389 e. The molecule has 2 atom stereocenters. The number of aliphatic hydroxyl groups is 1. The summed E-state index contributed by atoms with van der Waals surface area (Å²) in [5, 5.41) is 13.8. The maximum Gasteiger partial charge on any atom is 0.223 e. The van der Waals surface area contributed by atoms with Crippen molar-refractivity contribution >= 4 is 16.9 Å². The van der Waals surface area contributed by atoms with Gasteiger partial charge in [-0.3, -0.25) is 4.79 Å². The number of pyridine rings is 1. The van der Waals surface area contributed by atoms with Crippen LogP contribution in [0.5, 0.6) is 0 Å². The molecule has 3 heterocycles. The molecule has 1 aliphatic heterocycles. The summed E-state index contributed by atoms with van der Waals surface area (Å²) >= 11 is 0. The van der Waals surface area contributed by atoms with Crippen molar-refractivity contribution in [2.75, 3.05) is 32.6 Å². The number of benzene rings is 1. The molecule has 2 N–H and O–H groups in total. The zero-order valence-electron chi connectivity index (χ0n) is 19.4. The molecule has 9 heteroatoms. The van der Waals surface area contributed by atoms with E-state index in [1.165, 1.54) is 0 Å². The second-order valence-electron chi connectivity index (χ2n) is 9.01. The van der Waals surface area contributed by atoms with Crippen LogP contribution in [-0.2, 0) is 11.3 Å². The monoisotopic (exact) mass is 455 g/mol. The fraction of sp³-hybridized carbons (Fsp3) is 0.458. The molecule has 0 radical (unpaired) electrons. The average molecular weight is 456 g/mol. The van der Waals surface area contributed by atoms with Crippen molar-refractivity contribution < 1.29 is 14.2 Å². The lowest BCUT2D eigenvalue weighted by atomic mass is 10.1. The third-order valence-corrected chi connectivity index (χ3v) is 5.78. The van der Waals surface area contributed by atoms with E-state index in [-0.39, 0.29) is 35.8 Å². The van der Waals surface area contributed by atoms with E-state index in [0.29, 0.717) is 30.5 Å². The Balaban J connectivity index is 1.79. The van der Waals surface area contributed by atoms with Crippen LogP contribution in [0.15, 0.2) is 35.3 Å². The molecule has 1 fully saturated rings. The lowest BCUT2D eigenvalue weighted by Gasteiger charge is -2.28. The molecular weight excluding hydrogens is 425 g/mol. The number of hydrogen-bond donors (Lipinski definition) is 2. The Morgan fingerprint density at radius 2 is 2.12 bits per heavy atom.